The van der Waals surface area contributed by atoms with Gasteiger partial charge < -0.3 is 20.1 Å². The van der Waals surface area contributed by atoms with Crippen LogP contribution < -0.4 is 15.4 Å². The van der Waals surface area contributed by atoms with Crippen molar-refractivity contribution in [2.75, 3.05) is 25.1 Å². The van der Waals surface area contributed by atoms with Crippen molar-refractivity contribution < 1.29 is 19.1 Å². The first-order chi connectivity index (χ1) is 14.0. The van der Waals surface area contributed by atoms with Gasteiger partial charge in [0.1, 0.15) is 5.75 Å². The lowest BCUT2D eigenvalue weighted by Gasteiger charge is -2.14. The van der Waals surface area contributed by atoms with E-state index in [1.54, 1.807) is 42.5 Å². The molecule has 1 aliphatic heterocycles. The minimum absolute atomic E-state index is 0.0872. The molecule has 2 aromatic rings. The second-order valence-corrected chi connectivity index (χ2v) is 7.58. The summed E-state index contributed by atoms with van der Waals surface area (Å²) >= 11 is 0. The lowest BCUT2D eigenvalue weighted by molar-refractivity contribution is 0.0857. The van der Waals surface area contributed by atoms with Gasteiger partial charge in [-0.25, -0.2) is 0 Å². The third kappa shape index (κ3) is 6.06. The highest BCUT2D eigenvalue weighted by atomic mass is 16.5. The fourth-order valence-electron chi connectivity index (χ4n) is 3.09. The van der Waals surface area contributed by atoms with Gasteiger partial charge in [-0.15, -0.1) is 0 Å². The van der Waals surface area contributed by atoms with E-state index in [0.29, 0.717) is 41.6 Å². The van der Waals surface area contributed by atoms with E-state index in [1.165, 1.54) is 0 Å². The van der Waals surface area contributed by atoms with Crippen molar-refractivity contribution >= 4 is 17.5 Å². The van der Waals surface area contributed by atoms with E-state index in [2.05, 4.69) is 24.5 Å². The Kier molecular flexibility index (Phi) is 7.25. The number of hydrogen-bond acceptors (Lipinski definition) is 4. The number of carbonyl (C=O) groups is 2. The van der Waals surface area contributed by atoms with Gasteiger partial charge in [0.15, 0.2) is 0 Å². The summed E-state index contributed by atoms with van der Waals surface area (Å²) in [5.74, 6) is 0.443. The fourth-order valence-corrected chi connectivity index (χ4v) is 3.09. The van der Waals surface area contributed by atoms with Gasteiger partial charge in [-0.05, 0) is 49.1 Å². The van der Waals surface area contributed by atoms with E-state index in [4.69, 9.17) is 9.47 Å². The van der Waals surface area contributed by atoms with Gasteiger partial charge in [-0.2, -0.15) is 0 Å². The van der Waals surface area contributed by atoms with Crippen molar-refractivity contribution in [1.29, 1.82) is 0 Å². The smallest absolute Gasteiger partial charge is 0.259 e. The summed E-state index contributed by atoms with van der Waals surface area (Å²) in [5, 5.41) is 5.75. The van der Waals surface area contributed by atoms with E-state index in [0.717, 1.165) is 19.4 Å². The standard InChI is InChI=1S/C23H28N2O4/c1-16(2)15-29-21-11-4-3-10-20(21)23(27)25-18-8-5-7-17(13-18)22(26)24-14-19-9-6-12-28-19/h3-5,7-8,10-11,13,16,19H,6,9,12,14-15H2,1-2H3,(H,24,26)(H,25,27)/t19-/m1/s1. The maximum absolute atomic E-state index is 12.8. The molecule has 6 heteroatoms. The maximum atomic E-state index is 12.8. The first kappa shape index (κ1) is 20.9. The zero-order valence-corrected chi connectivity index (χ0v) is 16.9. The first-order valence-corrected chi connectivity index (χ1v) is 10.1. The minimum atomic E-state index is -0.277. The average molecular weight is 396 g/mol. The zero-order chi connectivity index (χ0) is 20.6. The molecule has 29 heavy (non-hydrogen) atoms. The second kappa shape index (κ2) is 10.1. The molecule has 2 aromatic carbocycles. The number of para-hydroxylation sites is 1. The molecule has 1 aliphatic rings. The molecule has 154 valence electrons. The number of ether oxygens (including phenoxy) is 2. The van der Waals surface area contributed by atoms with Crippen LogP contribution in [0.4, 0.5) is 5.69 Å². The molecule has 3 rings (SSSR count). The topological polar surface area (TPSA) is 76.7 Å². The summed E-state index contributed by atoms with van der Waals surface area (Å²) in [7, 11) is 0. The summed E-state index contributed by atoms with van der Waals surface area (Å²) in [6.45, 7) is 5.89. The number of carbonyl (C=O) groups excluding carboxylic acids is 2. The van der Waals surface area contributed by atoms with Gasteiger partial charge >= 0.3 is 0 Å². The van der Waals surface area contributed by atoms with Crippen molar-refractivity contribution in [3.05, 3.63) is 59.7 Å². The van der Waals surface area contributed by atoms with Crippen LogP contribution in [0.15, 0.2) is 48.5 Å². The zero-order valence-electron chi connectivity index (χ0n) is 16.9. The van der Waals surface area contributed by atoms with Crippen molar-refractivity contribution in [3.8, 4) is 5.75 Å². The summed E-state index contributed by atoms with van der Waals surface area (Å²) in [4.78, 5) is 25.2. The third-order valence-electron chi connectivity index (χ3n) is 4.60. The molecular formula is C23H28N2O4. The van der Waals surface area contributed by atoms with Gasteiger partial charge in [-0.3, -0.25) is 9.59 Å². The Morgan fingerprint density at radius 1 is 1.14 bits per heavy atom. The molecule has 1 fully saturated rings. The minimum Gasteiger partial charge on any atom is -0.492 e. The van der Waals surface area contributed by atoms with Gasteiger partial charge in [0.25, 0.3) is 11.8 Å². The van der Waals surface area contributed by atoms with Crippen LogP contribution in [0, 0.1) is 5.92 Å². The Labute approximate surface area is 171 Å². The lowest BCUT2D eigenvalue weighted by Crippen LogP contribution is -2.31. The number of hydrogen-bond donors (Lipinski definition) is 2. The van der Waals surface area contributed by atoms with Crippen molar-refractivity contribution in [2.24, 2.45) is 5.92 Å². The molecule has 0 saturated carbocycles. The molecule has 6 nitrogen and oxygen atoms in total. The Morgan fingerprint density at radius 2 is 1.97 bits per heavy atom. The largest absolute Gasteiger partial charge is 0.492 e. The van der Waals surface area contributed by atoms with E-state index in [9.17, 15) is 9.59 Å². The SMILES string of the molecule is CC(C)COc1ccccc1C(=O)Nc1cccc(C(=O)NC[C@H]2CCCO2)c1. The Morgan fingerprint density at radius 3 is 2.72 bits per heavy atom. The normalized spacial score (nSPS) is 15.9. The molecule has 0 aliphatic carbocycles. The third-order valence-corrected chi connectivity index (χ3v) is 4.60. The number of benzene rings is 2. The number of amides is 2. The van der Waals surface area contributed by atoms with Crippen LogP contribution in [-0.4, -0.2) is 37.7 Å². The summed E-state index contributed by atoms with van der Waals surface area (Å²) < 4.78 is 11.3. The van der Waals surface area contributed by atoms with Crippen LogP contribution >= 0.6 is 0 Å². The molecule has 2 N–H and O–H groups in total. The molecule has 0 bridgehead atoms. The predicted octanol–water partition coefficient (Wildman–Crippen LogP) is 3.88. The van der Waals surface area contributed by atoms with Crippen LogP contribution in [0.2, 0.25) is 0 Å². The predicted molar refractivity (Wildman–Crippen MR) is 112 cm³/mol. The van der Waals surface area contributed by atoms with Crippen molar-refractivity contribution in [2.45, 2.75) is 32.8 Å². The van der Waals surface area contributed by atoms with Crippen LogP contribution in [-0.2, 0) is 4.74 Å². The maximum Gasteiger partial charge on any atom is 0.259 e. The van der Waals surface area contributed by atoms with Gasteiger partial charge in [0.05, 0.1) is 18.3 Å². The number of anilines is 1. The van der Waals surface area contributed by atoms with Gasteiger partial charge in [0.2, 0.25) is 0 Å². The quantitative estimate of drug-likeness (QED) is 0.710. The Hall–Kier alpha value is -2.86. The number of rotatable bonds is 8. The van der Waals surface area contributed by atoms with E-state index in [1.807, 2.05) is 6.07 Å². The Bertz CT molecular complexity index is 844. The van der Waals surface area contributed by atoms with E-state index >= 15 is 0 Å². The highest BCUT2D eigenvalue weighted by molar-refractivity contribution is 6.06. The molecule has 1 atom stereocenters. The summed E-state index contributed by atoms with van der Waals surface area (Å²) in [6, 6.07) is 14.0. The van der Waals surface area contributed by atoms with Crippen LogP contribution in [0.1, 0.15) is 47.4 Å². The molecular weight excluding hydrogens is 368 g/mol. The summed E-state index contributed by atoms with van der Waals surface area (Å²) in [6.07, 6.45) is 2.09. The van der Waals surface area contributed by atoms with Gasteiger partial charge in [0, 0.05) is 24.4 Å². The molecule has 1 saturated heterocycles. The lowest BCUT2D eigenvalue weighted by atomic mass is 10.1. The van der Waals surface area contributed by atoms with Crippen LogP contribution in [0.25, 0.3) is 0 Å². The Balaban J connectivity index is 1.64. The molecule has 2 amide bonds. The highest BCUT2D eigenvalue weighted by Crippen LogP contribution is 2.21. The average Bonchev–Trinajstić information content (AvgIpc) is 3.24. The molecule has 1 heterocycles. The van der Waals surface area contributed by atoms with Gasteiger partial charge in [-0.1, -0.05) is 32.0 Å². The second-order valence-electron chi connectivity index (χ2n) is 7.58. The highest BCUT2D eigenvalue weighted by Gasteiger charge is 2.17. The molecule has 0 aromatic heterocycles. The molecule has 0 radical (unpaired) electrons. The van der Waals surface area contributed by atoms with Crippen molar-refractivity contribution in [1.82, 2.24) is 5.32 Å². The molecule has 0 unspecified atom stereocenters. The first-order valence-electron chi connectivity index (χ1n) is 10.1. The van der Waals surface area contributed by atoms with Crippen molar-refractivity contribution in [3.63, 3.8) is 0 Å². The fraction of sp³-hybridized carbons (Fsp3) is 0.391. The van der Waals surface area contributed by atoms with E-state index in [-0.39, 0.29) is 17.9 Å². The van der Waals surface area contributed by atoms with Crippen LogP contribution in [0.5, 0.6) is 5.75 Å². The molecule has 0 spiro atoms. The monoisotopic (exact) mass is 396 g/mol. The number of nitrogens with one attached hydrogen (secondary N) is 2. The van der Waals surface area contributed by atoms with Crippen LogP contribution in [0.3, 0.4) is 0 Å². The summed E-state index contributed by atoms with van der Waals surface area (Å²) in [5.41, 5.74) is 1.50. The van der Waals surface area contributed by atoms with E-state index < -0.39 is 0 Å².